The van der Waals surface area contributed by atoms with Crippen molar-refractivity contribution in [1.82, 2.24) is 0 Å². The van der Waals surface area contributed by atoms with Crippen molar-refractivity contribution in [2.45, 2.75) is 29.0 Å². The summed E-state index contributed by atoms with van der Waals surface area (Å²) in [5.74, 6) is -4.41. The molecule has 0 heterocycles. The molecule has 1 aromatic carbocycles. The lowest BCUT2D eigenvalue weighted by Gasteiger charge is -2.20. The van der Waals surface area contributed by atoms with E-state index in [1.807, 2.05) is 0 Å². The molecule has 0 aliphatic heterocycles. The number of hydrogen-bond donors (Lipinski definition) is 0. The van der Waals surface area contributed by atoms with Crippen LogP contribution in [0.25, 0.3) is 0 Å². The number of rotatable bonds is 6. The van der Waals surface area contributed by atoms with Crippen molar-refractivity contribution in [3.05, 3.63) is 29.8 Å². The Bertz CT molecular complexity index is 552. The zero-order chi connectivity index (χ0) is 15.6. The molecule has 0 saturated heterocycles. The Morgan fingerprint density at radius 3 is 2.10 bits per heavy atom. The first-order chi connectivity index (χ1) is 8.96. The molecule has 0 N–H and O–H groups in total. The van der Waals surface area contributed by atoms with Gasteiger partial charge in [0.05, 0.1) is 11.5 Å². The molecule has 3 nitrogen and oxygen atoms in total. The maximum atomic E-state index is 12.9. The van der Waals surface area contributed by atoms with Gasteiger partial charge in [0.25, 0.3) is 10.1 Å². The van der Waals surface area contributed by atoms with Gasteiger partial charge in [-0.3, -0.25) is 4.18 Å². The van der Waals surface area contributed by atoms with Crippen LogP contribution in [-0.4, -0.2) is 25.8 Å². The number of alkyl halides is 5. The molecule has 0 aliphatic rings. The van der Waals surface area contributed by atoms with E-state index in [0.29, 0.717) is 0 Å². The summed E-state index contributed by atoms with van der Waals surface area (Å²) in [5.41, 5.74) is 0.800. The van der Waals surface area contributed by atoms with E-state index in [2.05, 4.69) is 4.18 Å². The monoisotopic (exact) mass is 378 g/mol. The number of aryl methyl sites for hydroxylation is 1. The van der Waals surface area contributed by atoms with Crippen LogP contribution in [0.5, 0.6) is 0 Å². The first kappa shape index (κ1) is 17.4. The van der Waals surface area contributed by atoms with Gasteiger partial charge in [0.2, 0.25) is 0 Å². The highest BCUT2D eigenvalue weighted by Crippen LogP contribution is 2.41. The lowest BCUT2D eigenvalue weighted by atomic mass is 10.2. The second-order valence-electron chi connectivity index (χ2n) is 4.04. The van der Waals surface area contributed by atoms with Gasteiger partial charge in [-0.05, 0) is 35.0 Å². The summed E-state index contributed by atoms with van der Waals surface area (Å²) in [4.78, 5) is -4.64. The second-order valence-corrected chi connectivity index (χ2v) is 6.65. The molecule has 0 bridgehead atoms. The van der Waals surface area contributed by atoms with Crippen molar-refractivity contribution in [3.8, 4) is 0 Å². The lowest BCUT2D eigenvalue weighted by molar-refractivity contribution is -0.154. The third kappa shape index (κ3) is 4.42. The Labute approximate surface area is 122 Å². The van der Waals surface area contributed by atoms with Crippen LogP contribution >= 0.6 is 15.9 Å². The smallest absolute Gasteiger partial charge is 0.266 e. The fourth-order valence-electron chi connectivity index (χ4n) is 1.19. The van der Waals surface area contributed by atoms with Gasteiger partial charge in [0.15, 0.2) is 0 Å². The molecule has 0 atom stereocenters. The molecular formula is C11H11BrF4O3S. The van der Waals surface area contributed by atoms with Crippen molar-refractivity contribution in [2.24, 2.45) is 0 Å². The zero-order valence-electron chi connectivity index (χ0n) is 10.2. The van der Waals surface area contributed by atoms with Gasteiger partial charge in [-0.15, -0.1) is 0 Å². The van der Waals surface area contributed by atoms with Crippen LogP contribution in [0.4, 0.5) is 17.6 Å². The van der Waals surface area contributed by atoms with Crippen molar-refractivity contribution in [3.63, 3.8) is 0 Å². The molecule has 1 rings (SSSR count). The first-order valence-corrected chi connectivity index (χ1v) is 7.56. The molecule has 0 amide bonds. The zero-order valence-corrected chi connectivity index (χ0v) is 12.6. The Morgan fingerprint density at radius 2 is 1.65 bits per heavy atom. The van der Waals surface area contributed by atoms with Crippen LogP contribution in [0, 0.1) is 6.92 Å². The van der Waals surface area contributed by atoms with E-state index in [4.69, 9.17) is 0 Å². The number of halogens is 5. The van der Waals surface area contributed by atoms with Gasteiger partial charge in [-0.2, -0.15) is 26.0 Å². The maximum absolute atomic E-state index is 12.9. The Hall–Kier alpha value is -0.670. The molecule has 9 heteroatoms. The molecule has 1 aromatic rings. The van der Waals surface area contributed by atoms with Crippen molar-refractivity contribution in [1.29, 1.82) is 0 Å². The van der Waals surface area contributed by atoms with Gasteiger partial charge in [-0.25, -0.2) is 0 Å². The Morgan fingerprint density at radius 1 is 1.15 bits per heavy atom. The summed E-state index contributed by atoms with van der Waals surface area (Å²) in [5, 5.41) is 0. The van der Waals surface area contributed by atoms with E-state index in [1.54, 1.807) is 22.9 Å². The largest absolute Gasteiger partial charge is 0.363 e. The van der Waals surface area contributed by atoms with Gasteiger partial charge >= 0.3 is 10.8 Å². The molecular weight excluding hydrogens is 368 g/mol. The van der Waals surface area contributed by atoms with E-state index in [1.165, 1.54) is 24.3 Å². The van der Waals surface area contributed by atoms with E-state index in [-0.39, 0.29) is 4.90 Å². The van der Waals surface area contributed by atoms with Crippen molar-refractivity contribution in [2.75, 3.05) is 6.61 Å². The fourth-order valence-corrected chi connectivity index (χ4v) is 2.30. The van der Waals surface area contributed by atoms with Gasteiger partial charge in [-0.1, -0.05) is 17.7 Å². The molecule has 0 unspecified atom stereocenters. The standard InChI is InChI=1S/C11H11BrF4O3S/c1-8-2-4-9(5-3-8)20(17,18)19-7-6-10(13,14)11(12,15)16/h2-5H,6-7H2,1H3. The quantitative estimate of drug-likeness (QED) is 0.430. The van der Waals surface area contributed by atoms with Crippen LogP contribution in [0.15, 0.2) is 29.2 Å². The molecule has 0 radical (unpaired) electrons. The predicted octanol–water partition coefficient (Wildman–Crippen LogP) is 3.71. The summed E-state index contributed by atoms with van der Waals surface area (Å²) >= 11 is 1.55. The SMILES string of the molecule is Cc1ccc(S(=O)(=O)OCCC(F)(F)C(F)(F)Br)cc1. The number of hydrogen-bond acceptors (Lipinski definition) is 3. The van der Waals surface area contributed by atoms with E-state index in [9.17, 15) is 26.0 Å². The Balaban J connectivity index is 2.68. The minimum atomic E-state index is -4.42. The molecule has 20 heavy (non-hydrogen) atoms. The van der Waals surface area contributed by atoms with Crippen LogP contribution in [0.2, 0.25) is 0 Å². The van der Waals surface area contributed by atoms with Crippen LogP contribution < -0.4 is 0 Å². The highest BCUT2D eigenvalue weighted by molar-refractivity contribution is 9.10. The molecule has 0 aromatic heterocycles. The van der Waals surface area contributed by atoms with E-state index < -0.39 is 33.9 Å². The van der Waals surface area contributed by atoms with E-state index >= 15 is 0 Å². The average molecular weight is 379 g/mol. The minimum Gasteiger partial charge on any atom is -0.266 e. The third-order valence-corrected chi connectivity index (χ3v) is 4.29. The molecule has 114 valence electrons. The molecule has 0 spiro atoms. The van der Waals surface area contributed by atoms with Crippen molar-refractivity contribution < 1.29 is 30.2 Å². The second kappa shape index (κ2) is 5.98. The topological polar surface area (TPSA) is 43.4 Å². The van der Waals surface area contributed by atoms with Gasteiger partial charge < -0.3 is 0 Å². The van der Waals surface area contributed by atoms with Crippen molar-refractivity contribution >= 4 is 26.0 Å². The molecule has 0 saturated carbocycles. The minimum absolute atomic E-state index is 0.225. The number of benzene rings is 1. The summed E-state index contributed by atoms with van der Waals surface area (Å²) in [6.07, 6.45) is -1.43. The Kier molecular flexibility index (Phi) is 5.20. The maximum Gasteiger partial charge on any atom is 0.363 e. The fraction of sp³-hybridized carbons (Fsp3) is 0.455. The summed E-state index contributed by atoms with van der Waals surface area (Å²) in [7, 11) is -4.24. The molecule has 0 fully saturated rings. The van der Waals surface area contributed by atoms with Crippen LogP contribution in [0.3, 0.4) is 0 Å². The van der Waals surface area contributed by atoms with Gasteiger partial charge in [0.1, 0.15) is 0 Å². The van der Waals surface area contributed by atoms with Crippen LogP contribution in [0.1, 0.15) is 12.0 Å². The van der Waals surface area contributed by atoms with Gasteiger partial charge in [0, 0.05) is 6.42 Å². The normalized spacial score (nSPS) is 13.5. The van der Waals surface area contributed by atoms with Crippen LogP contribution in [-0.2, 0) is 14.3 Å². The predicted molar refractivity (Wildman–Crippen MR) is 67.8 cm³/mol. The van der Waals surface area contributed by atoms with E-state index in [0.717, 1.165) is 5.56 Å². The molecule has 0 aliphatic carbocycles. The summed E-state index contributed by atoms with van der Waals surface area (Å²) < 4.78 is 78.2. The average Bonchev–Trinajstić information content (AvgIpc) is 2.27. The highest BCUT2D eigenvalue weighted by atomic mass is 79.9. The first-order valence-electron chi connectivity index (χ1n) is 5.36. The highest BCUT2D eigenvalue weighted by Gasteiger charge is 2.53. The summed E-state index contributed by atoms with van der Waals surface area (Å²) in [6, 6.07) is 5.47. The third-order valence-electron chi connectivity index (χ3n) is 2.38. The summed E-state index contributed by atoms with van der Waals surface area (Å²) in [6.45, 7) is 0.681. The lowest BCUT2D eigenvalue weighted by Crippen LogP contribution is -2.36.